The van der Waals surface area contributed by atoms with Crippen molar-refractivity contribution >= 4 is 5.78 Å². The number of hydrogen-bond acceptors (Lipinski definition) is 2. The number of Topliss-reactive ketones (excluding diaryl/α,β-unsaturated/α-hetero) is 1. The molecule has 1 aliphatic heterocycles. The predicted octanol–water partition coefficient (Wildman–Crippen LogP) is 2.57. The minimum atomic E-state index is -0.159. The summed E-state index contributed by atoms with van der Waals surface area (Å²) in [5, 5.41) is 3.31. The van der Waals surface area contributed by atoms with Crippen molar-refractivity contribution in [2.75, 3.05) is 13.1 Å². The lowest BCUT2D eigenvalue weighted by molar-refractivity contribution is 0.0810. The van der Waals surface area contributed by atoms with Gasteiger partial charge in [0.25, 0.3) is 0 Å². The quantitative estimate of drug-likeness (QED) is 0.788. The Morgan fingerprint density at radius 3 is 2.88 bits per heavy atom. The van der Waals surface area contributed by atoms with E-state index in [4.69, 9.17) is 0 Å². The summed E-state index contributed by atoms with van der Waals surface area (Å²) >= 11 is 0. The van der Waals surface area contributed by atoms with Crippen molar-refractivity contribution in [1.29, 1.82) is 0 Å². The minimum Gasteiger partial charge on any atom is -0.316 e. The highest BCUT2D eigenvalue weighted by Crippen LogP contribution is 2.33. The molecule has 1 atom stereocenters. The number of carbonyl (C=O) groups excluding carboxylic acids is 1. The van der Waals surface area contributed by atoms with Crippen LogP contribution >= 0.6 is 0 Å². The monoisotopic (exact) mass is 217 g/mol. The van der Waals surface area contributed by atoms with Crippen molar-refractivity contribution < 1.29 is 4.79 Å². The van der Waals surface area contributed by atoms with E-state index in [0.29, 0.717) is 5.78 Å². The van der Waals surface area contributed by atoms with Crippen LogP contribution in [0, 0.1) is 12.3 Å². The number of benzene rings is 1. The van der Waals surface area contributed by atoms with Gasteiger partial charge in [0.1, 0.15) is 0 Å². The van der Waals surface area contributed by atoms with Gasteiger partial charge >= 0.3 is 0 Å². The van der Waals surface area contributed by atoms with Gasteiger partial charge in [0, 0.05) is 17.5 Å². The molecule has 16 heavy (non-hydrogen) atoms. The topological polar surface area (TPSA) is 29.1 Å². The summed E-state index contributed by atoms with van der Waals surface area (Å²) in [6, 6.07) is 7.93. The second-order valence-electron chi connectivity index (χ2n) is 4.76. The molecule has 2 rings (SSSR count). The van der Waals surface area contributed by atoms with E-state index in [1.807, 2.05) is 31.2 Å². The molecule has 0 amide bonds. The first-order valence-electron chi connectivity index (χ1n) is 6.00. The van der Waals surface area contributed by atoms with Gasteiger partial charge in [-0.25, -0.2) is 0 Å². The lowest BCUT2D eigenvalue weighted by Gasteiger charge is -2.25. The average Bonchev–Trinajstić information content (AvgIpc) is 2.78. The summed E-state index contributed by atoms with van der Waals surface area (Å²) in [7, 11) is 0. The maximum absolute atomic E-state index is 12.5. The fourth-order valence-electron chi connectivity index (χ4n) is 2.49. The molecule has 2 nitrogen and oxygen atoms in total. The van der Waals surface area contributed by atoms with E-state index in [2.05, 4.69) is 12.2 Å². The number of ketones is 1. The summed E-state index contributed by atoms with van der Waals surface area (Å²) < 4.78 is 0. The van der Waals surface area contributed by atoms with E-state index in [1.165, 1.54) is 0 Å². The highest BCUT2D eigenvalue weighted by Gasteiger charge is 2.39. The third-order valence-corrected chi connectivity index (χ3v) is 3.68. The summed E-state index contributed by atoms with van der Waals surface area (Å²) in [4.78, 5) is 12.5. The van der Waals surface area contributed by atoms with Crippen LogP contribution in [0.4, 0.5) is 0 Å². The molecule has 0 spiro atoms. The number of carbonyl (C=O) groups is 1. The molecule has 1 N–H and O–H groups in total. The summed E-state index contributed by atoms with van der Waals surface area (Å²) in [6.07, 6.45) is 1.89. The molecule has 0 aliphatic carbocycles. The third-order valence-electron chi connectivity index (χ3n) is 3.68. The Morgan fingerprint density at radius 1 is 1.50 bits per heavy atom. The number of aryl methyl sites for hydroxylation is 1. The van der Waals surface area contributed by atoms with Crippen LogP contribution in [0.3, 0.4) is 0 Å². The third kappa shape index (κ3) is 1.90. The van der Waals surface area contributed by atoms with Crippen LogP contribution in [0.15, 0.2) is 24.3 Å². The molecule has 86 valence electrons. The fraction of sp³-hybridized carbons (Fsp3) is 0.500. The zero-order valence-corrected chi connectivity index (χ0v) is 10.0. The first kappa shape index (κ1) is 11.3. The van der Waals surface area contributed by atoms with E-state index in [-0.39, 0.29) is 5.41 Å². The molecule has 0 aromatic heterocycles. The van der Waals surface area contributed by atoms with Gasteiger partial charge in [-0.05, 0) is 32.4 Å². The highest BCUT2D eigenvalue weighted by molar-refractivity contribution is 6.01. The number of rotatable bonds is 3. The molecule has 0 bridgehead atoms. The second-order valence-corrected chi connectivity index (χ2v) is 4.76. The van der Waals surface area contributed by atoms with Crippen molar-refractivity contribution in [3.63, 3.8) is 0 Å². The molecular formula is C14H19NO. The van der Waals surface area contributed by atoms with Crippen LogP contribution in [0.5, 0.6) is 0 Å². The molecule has 1 saturated heterocycles. The zero-order valence-electron chi connectivity index (χ0n) is 10.0. The van der Waals surface area contributed by atoms with Gasteiger partial charge in [0.2, 0.25) is 0 Å². The first-order chi connectivity index (χ1) is 7.68. The fourth-order valence-corrected chi connectivity index (χ4v) is 2.49. The Balaban J connectivity index is 2.30. The lowest BCUT2D eigenvalue weighted by Crippen LogP contribution is -2.32. The van der Waals surface area contributed by atoms with Gasteiger partial charge < -0.3 is 5.32 Å². The number of nitrogens with one attached hydrogen (secondary N) is 1. The van der Waals surface area contributed by atoms with Crippen LogP contribution in [0.1, 0.15) is 35.7 Å². The molecule has 2 heteroatoms. The minimum absolute atomic E-state index is 0.159. The Morgan fingerprint density at radius 2 is 2.31 bits per heavy atom. The van der Waals surface area contributed by atoms with E-state index >= 15 is 0 Å². The highest BCUT2D eigenvalue weighted by atomic mass is 16.1. The molecule has 0 saturated carbocycles. The second kappa shape index (κ2) is 4.38. The maximum atomic E-state index is 12.5. The van der Waals surface area contributed by atoms with Gasteiger partial charge in [0.05, 0.1) is 0 Å². The smallest absolute Gasteiger partial charge is 0.170 e. The molecule has 1 unspecified atom stereocenters. The maximum Gasteiger partial charge on any atom is 0.170 e. The van der Waals surface area contributed by atoms with Crippen molar-refractivity contribution in [2.24, 2.45) is 5.41 Å². The first-order valence-corrected chi connectivity index (χ1v) is 6.00. The van der Waals surface area contributed by atoms with E-state index in [1.54, 1.807) is 0 Å². The number of hydrogen-bond donors (Lipinski definition) is 1. The van der Waals surface area contributed by atoms with E-state index in [9.17, 15) is 4.79 Å². The predicted molar refractivity (Wildman–Crippen MR) is 65.7 cm³/mol. The van der Waals surface area contributed by atoms with Crippen LogP contribution in [0.2, 0.25) is 0 Å². The Hall–Kier alpha value is -1.15. The van der Waals surface area contributed by atoms with Crippen molar-refractivity contribution in [1.82, 2.24) is 5.32 Å². The van der Waals surface area contributed by atoms with Crippen molar-refractivity contribution in [2.45, 2.75) is 26.7 Å². The summed E-state index contributed by atoms with van der Waals surface area (Å²) in [5.74, 6) is 0.309. The van der Waals surface area contributed by atoms with Gasteiger partial charge in [-0.15, -0.1) is 0 Å². The SMILES string of the molecule is CCC1(C(=O)c2cccc(C)c2)CCNC1. The van der Waals surface area contributed by atoms with Crippen molar-refractivity contribution in [3.8, 4) is 0 Å². The summed E-state index contributed by atoms with van der Waals surface area (Å²) in [5.41, 5.74) is 1.86. The van der Waals surface area contributed by atoms with Crippen molar-refractivity contribution in [3.05, 3.63) is 35.4 Å². The normalized spacial score (nSPS) is 24.6. The van der Waals surface area contributed by atoms with Gasteiger partial charge in [-0.3, -0.25) is 4.79 Å². The zero-order chi connectivity index (χ0) is 11.6. The molecule has 0 radical (unpaired) electrons. The van der Waals surface area contributed by atoms with E-state index < -0.39 is 0 Å². The van der Waals surface area contributed by atoms with Crippen LogP contribution in [-0.2, 0) is 0 Å². The van der Waals surface area contributed by atoms with Crippen LogP contribution in [0.25, 0.3) is 0 Å². The van der Waals surface area contributed by atoms with Gasteiger partial charge in [0.15, 0.2) is 5.78 Å². The molecule has 1 aromatic carbocycles. The molecule has 1 aromatic rings. The van der Waals surface area contributed by atoms with E-state index in [0.717, 1.165) is 37.1 Å². The lowest BCUT2D eigenvalue weighted by atomic mass is 9.77. The van der Waals surface area contributed by atoms with Crippen LogP contribution < -0.4 is 5.32 Å². The largest absolute Gasteiger partial charge is 0.316 e. The molecule has 1 heterocycles. The van der Waals surface area contributed by atoms with Crippen LogP contribution in [-0.4, -0.2) is 18.9 Å². The average molecular weight is 217 g/mol. The molecule has 1 fully saturated rings. The molecular weight excluding hydrogens is 198 g/mol. The Bertz CT molecular complexity index is 391. The van der Waals surface area contributed by atoms with Gasteiger partial charge in [-0.1, -0.05) is 30.7 Å². The Labute approximate surface area is 97.1 Å². The Kier molecular flexibility index (Phi) is 3.10. The van der Waals surface area contributed by atoms with Gasteiger partial charge in [-0.2, -0.15) is 0 Å². The molecule has 1 aliphatic rings. The standard InChI is InChI=1S/C14H19NO/c1-3-14(7-8-15-10-14)13(16)12-6-4-5-11(2)9-12/h4-6,9,15H,3,7-8,10H2,1-2H3. The summed E-state index contributed by atoms with van der Waals surface area (Å²) in [6.45, 7) is 5.94.